The van der Waals surface area contributed by atoms with Crippen molar-refractivity contribution in [2.75, 3.05) is 5.32 Å². The highest BCUT2D eigenvalue weighted by molar-refractivity contribution is 7.80. The van der Waals surface area contributed by atoms with Crippen molar-refractivity contribution >= 4 is 34.6 Å². The number of nitrogens with one attached hydrogen (secondary N) is 1. The lowest BCUT2D eigenvalue weighted by Gasteiger charge is -2.07. The Balaban J connectivity index is 2.97. The maximum atomic E-state index is 5.78. The van der Waals surface area contributed by atoms with Crippen LogP contribution in [0.1, 0.15) is 5.56 Å². The van der Waals surface area contributed by atoms with Crippen molar-refractivity contribution in [2.24, 2.45) is 5.73 Å². The summed E-state index contributed by atoms with van der Waals surface area (Å²) in [4.78, 5) is 0. The zero-order valence-corrected chi connectivity index (χ0v) is 8.17. The first-order valence-corrected chi connectivity index (χ1v) is 4.21. The number of hydrogen-bond acceptors (Lipinski definition) is 1. The van der Waals surface area contributed by atoms with Crippen LogP contribution in [0.25, 0.3) is 0 Å². The molecule has 0 amide bonds. The summed E-state index contributed by atoms with van der Waals surface area (Å²) in [6.45, 7) is 1.96. The Hall–Kier alpha value is -0.800. The van der Waals surface area contributed by atoms with Crippen molar-refractivity contribution in [3.63, 3.8) is 0 Å². The molecule has 0 aliphatic rings. The van der Waals surface area contributed by atoms with E-state index in [9.17, 15) is 0 Å². The number of aryl methyl sites for hydroxylation is 1. The van der Waals surface area contributed by atoms with Gasteiger partial charge in [0, 0.05) is 10.7 Å². The number of nitrogens with two attached hydrogens (primary N) is 1. The van der Waals surface area contributed by atoms with Gasteiger partial charge in [0.2, 0.25) is 0 Å². The maximum Gasteiger partial charge on any atom is 0.168 e. The van der Waals surface area contributed by atoms with Crippen molar-refractivity contribution in [1.82, 2.24) is 0 Å². The van der Waals surface area contributed by atoms with E-state index in [-0.39, 0.29) is 5.11 Å². The number of anilines is 1. The molecule has 0 saturated heterocycles. The molecule has 2 nitrogen and oxygen atoms in total. The molecule has 12 heavy (non-hydrogen) atoms. The molecular weight excluding hydrogens is 192 g/mol. The standard InChI is InChI=1S/C8H9ClN2S/c1-5-2-3-6(9)4-7(5)11-8(10)12/h2-4H,1H3,(H3,10,11,12). The average molecular weight is 201 g/mol. The highest BCUT2D eigenvalue weighted by Gasteiger charge is 1.98. The van der Waals surface area contributed by atoms with Crippen LogP contribution < -0.4 is 11.1 Å². The zero-order valence-electron chi connectivity index (χ0n) is 6.60. The van der Waals surface area contributed by atoms with Gasteiger partial charge in [-0.2, -0.15) is 0 Å². The molecule has 0 bridgehead atoms. The van der Waals surface area contributed by atoms with Crippen LogP contribution >= 0.6 is 23.8 Å². The predicted octanol–water partition coefficient (Wildman–Crippen LogP) is 2.30. The summed E-state index contributed by atoms with van der Waals surface area (Å²) < 4.78 is 0. The second kappa shape index (κ2) is 3.74. The van der Waals surface area contributed by atoms with Crippen LogP contribution in [0.4, 0.5) is 5.69 Å². The fourth-order valence-electron chi connectivity index (χ4n) is 0.862. The van der Waals surface area contributed by atoms with E-state index in [4.69, 9.17) is 29.6 Å². The Kier molecular flexibility index (Phi) is 2.89. The van der Waals surface area contributed by atoms with Gasteiger partial charge in [0.05, 0.1) is 0 Å². The number of benzene rings is 1. The number of hydrogen-bond donors (Lipinski definition) is 2. The summed E-state index contributed by atoms with van der Waals surface area (Å²) in [5, 5.41) is 3.76. The van der Waals surface area contributed by atoms with E-state index in [0.717, 1.165) is 11.3 Å². The van der Waals surface area contributed by atoms with Crippen LogP contribution in [0, 0.1) is 6.92 Å². The molecular formula is C8H9ClN2S. The van der Waals surface area contributed by atoms with Gasteiger partial charge < -0.3 is 11.1 Å². The molecule has 0 unspecified atom stereocenters. The minimum Gasteiger partial charge on any atom is -0.376 e. The normalized spacial score (nSPS) is 9.50. The molecule has 0 atom stereocenters. The average Bonchev–Trinajstić information content (AvgIpc) is 1.96. The monoisotopic (exact) mass is 200 g/mol. The van der Waals surface area contributed by atoms with Crippen molar-refractivity contribution < 1.29 is 0 Å². The molecule has 1 aromatic carbocycles. The minimum absolute atomic E-state index is 0.250. The highest BCUT2D eigenvalue weighted by atomic mass is 35.5. The Labute approximate surface area is 81.7 Å². The molecule has 0 fully saturated rings. The van der Waals surface area contributed by atoms with Crippen LogP contribution in [0.3, 0.4) is 0 Å². The third kappa shape index (κ3) is 2.36. The summed E-state index contributed by atoms with van der Waals surface area (Å²) in [7, 11) is 0. The Bertz CT molecular complexity index is 312. The molecule has 0 radical (unpaired) electrons. The van der Waals surface area contributed by atoms with Crippen LogP contribution in [0.2, 0.25) is 5.02 Å². The van der Waals surface area contributed by atoms with Gasteiger partial charge in [-0.1, -0.05) is 17.7 Å². The van der Waals surface area contributed by atoms with E-state index >= 15 is 0 Å². The Morgan fingerprint density at radius 3 is 2.83 bits per heavy atom. The Morgan fingerprint density at radius 2 is 2.25 bits per heavy atom. The molecule has 0 saturated carbocycles. The molecule has 0 aromatic heterocycles. The van der Waals surface area contributed by atoms with Gasteiger partial charge in [-0.05, 0) is 36.8 Å². The quantitative estimate of drug-likeness (QED) is 0.684. The summed E-state index contributed by atoms with van der Waals surface area (Å²) in [5.74, 6) is 0. The molecule has 1 aromatic rings. The van der Waals surface area contributed by atoms with Crippen LogP contribution in [-0.2, 0) is 0 Å². The van der Waals surface area contributed by atoms with Gasteiger partial charge in [-0.15, -0.1) is 0 Å². The van der Waals surface area contributed by atoms with Gasteiger partial charge in [-0.25, -0.2) is 0 Å². The third-order valence-corrected chi connectivity index (χ3v) is 1.79. The predicted molar refractivity (Wildman–Crippen MR) is 56.6 cm³/mol. The third-order valence-electron chi connectivity index (χ3n) is 1.46. The summed E-state index contributed by atoms with van der Waals surface area (Å²) >= 11 is 10.5. The molecule has 1 rings (SSSR count). The lowest BCUT2D eigenvalue weighted by molar-refractivity contribution is 1.45. The van der Waals surface area contributed by atoms with Crippen molar-refractivity contribution in [1.29, 1.82) is 0 Å². The molecule has 4 heteroatoms. The second-order valence-electron chi connectivity index (χ2n) is 2.45. The van der Waals surface area contributed by atoms with E-state index in [2.05, 4.69) is 5.32 Å². The summed E-state index contributed by atoms with van der Waals surface area (Å²) in [6.07, 6.45) is 0. The van der Waals surface area contributed by atoms with E-state index < -0.39 is 0 Å². The van der Waals surface area contributed by atoms with Gasteiger partial charge in [0.25, 0.3) is 0 Å². The zero-order chi connectivity index (χ0) is 9.14. The van der Waals surface area contributed by atoms with Gasteiger partial charge in [-0.3, -0.25) is 0 Å². The van der Waals surface area contributed by atoms with E-state index in [1.807, 2.05) is 19.1 Å². The van der Waals surface area contributed by atoms with E-state index in [0.29, 0.717) is 5.02 Å². The van der Waals surface area contributed by atoms with E-state index in [1.54, 1.807) is 6.07 Å². The topological polar surface area (TPSA) is 38.0 Å². The molecule has 3 N–H and O–H groups in total. The van der Waals surface area contributed by atoms with Crippen LogP contribution in [0.15, 0.2) is 18.2 Å². The molecule has 0 heterocycles. The van der Waals surface area contributed by atoms with Crippen LogP contribution in [0.5, 0.6) is 0 Å². The fourth-order valence-corrected chi connectivity index (χ4v) is 1.14. The first-order valence-electron chi connectivity index (χ1n) is 3.42. The molecule has 64 valence electrons. The van der Waals surface area contributed by atoms with Gasteiger partial charge in [0.15, 0.2) is 5.11 Å². The first-order chi connectivity index (χ1) is 5.59. The smallest absolute Gasteiger partial charge is 0.168 e. The van der Waals surface area contributed by atoms with Gasteiger partial charge >= 0.3 is 0 Å². The summed E-state index contributed by atoms with van der Waals surface area (Å²) in [5.41, 5.74) is 7.24. The first kappa shape index (κ1) is 9.29. The SMILES string of the molecule is Cc1ccc(Cl)cc1NC(N)=S. The number of thiocarbonyl (C=S) groups is 1. The summed E-state index contributed by atoms with van der Waals surface area (Å²) in [6, 6.07) is 5.51. The lowest BCUT2D eigenvalue weighted by Crippen LogP contribution is -2.19. The maximum absolute atomic E-state index is 5.78. The van der Waals surface area contributed by atoms with Crippen molar-refractivity contribution in [2.45, 2.75) is 6.92 Å². The molecule has 0 spiro atoms. The fraction of sp³-hybridized carbons (Fsp3) is 0.125. The molecule has 0 aliphatic heterocycles. The number of halogens is 1. The minimum atomic E-state index is 0.250. The number of rotatable bonds is 1. The lowest BCUT2D eigenvalue weighted by atomic mass is 10.2. The van der Waals surface area contributed by atoms with Crippen molar-refractivity contribution in [3.8, 4) is 0 Å². The highest BCUT2D eigenvalue weighted by Crippen LogP contribution is 2.19. The van der Waals surface area contributed by atoms with Crippen LogP contribution in [-0.4, -0.2) is 5.11 Å². The largest absolute Gasteiger partial charge is 0.376 e. The Morgan fingerprint density at radius 1 is 1.58 bits per heavy atom. The van der Waals surface area contributed by atoms with Gasteiger partial charge in [0.1, 0.15) is 0 Å². The second-order valence-corrected chi connectivity index (χ2v) is 3.32. The molecule has 0 aliphatic carbocycles. The van der Waals surface area contributed by atoms with E-state index in [1.165, 1.54) is 0 Å². The van der Waals surface area contributed by atoms with Crippen molar-refractivity contribution in [3.05, 3.63) is 28.8 Å².